The van der Waals surface area contributed by atoms with Crippen LogP contribution in [0.1, 0.15) is 38.8 Å². The molecule has 4 N–H and O–H groups in total. The average molecular weight is 457 g/mol. The molecule has 0 spiro atoms. The molecule has 3 aliphatic rings. The van der Waals surface area contributed by atoms with Crippen LogP contribution < -0.4 is 11.1 Å². The minimum Gasteiger partial charge on any atom is -0.480 e. The molecule has 8 nitrogen and oxygen atoms in total. The van der Waals surface area contributed by atoms with Crippen LogP contribution in [0.5, 0.6) is 0 Å². The summed E-state index contributed by atoms with van der Waals surface area (Å²) in [5.74, 6) is -1.13. The van der Waals surface area contributed by atoms with Gasteiger partial charge in [-0.05, 0) is 50.7 Å². The first-order valence-corrected chi connectivity index (χ1v) is 12.0. The van der Waals surface area contributed by atoms with Crippen LogP contribution in [0, 0.1) is 0 Å². The number of rotatable bonds is 6. The Morgan fingerprint density at radius 1 is 1.55 bits per heavy atom. The second-order valence-electron chi connectivity index (χ2n) is 7.87. The Hall–Kier alpha value is -1.43. The average Bonchev–Trinajstić information content (AvgIpc) is 3.20. The zero-order chi connectivity index (χ0) is 20.8. The maximum Gasteiger partial charge on any atom is 0.327 e. The molecule has 3 saturated heterocycles. The number of nitrogen functional groups attached to an aromatic ring is 1. The number of nitrogens with zero attached hydrogens (tertiary/aromatic N) is 2. The number of hydrogen-bond donors (Lipinski definition) is 3. The van der Waals surface area contributed by atoms with Crippen LogP contribution in [-0.4, -0.2) is 60.9 Å². The van der Waals surface area contributed by atoms with Crippen LogP contribution in [0.4, 0.5) is 5.13 Å². The van der Waals surface area contributed by atoms with Crippen LogP contribution in [0.3, 0.4) is 0 Å². The van der Waals surface area contributed by atoms with Crippen LogP contribution in [0.15, 0.2) is 11.6 Å². The summed E-state index contributed by atoms with van der Waals surface area (Å²) < 4.78 is 4.99. The van der Waals surface area contributed by atoms with E-state index in [0.717, 1.165) is 37.1 Å². The van der Waals surface area contributed by atoms with E-state index < -0.39 is 22.8 Å². The fraction of sp³-hybridized carbons (Fsp3) is 0.611. The lowest BCUT2D eigenvalue weighted by atomic mass is 9.96. The predicted molar refractivity (Wildman–Crippen MR) is 116 cm³/mol. The first-order chi connectivity index (χ1) is 13.8. The number of carboxylic acids is 1. The highest BCUT2D eigenvalue weighted by Gasteiger charge is 2.63. The van der Waals surface area contributed by atoms with Gasteiger partial charge in [-0.2, -0.15) is 0 Å². The molecule has 0 radical (unpaired) electrons. The van der Waals surface area contributed by atoms with Gasteiger partial charge in [0.15, 0.2) is 5.13 Å². The standard InChI is InChI=1S/C18H24N4O4S3/c1-18(2)13(16(24)25)22-14(23)12(15(22)28-18)20-7-9(11-8-27-17(19)21-11)6-10-4-3-5-26-29-10/h7-8,10,12-13,15,20H,3-6H2,1-2H3,(H2,19,21)(H,24,25)/b9-7-/t10?,12-,13+,15-/m1/s1. The predicted octanol–water partition coefficient (Wildman–Crippen LogP) is 2.39. The first-order valence-electron chi connectivity index (χ1n) is 9.45. The maximum absolute atomic E-state index is 12.7. The van der Waals surface area contributed by atoms with Crippen LogP contribution in [0.2, 0.25) is 0 Å². The summed E-state index contributed by atoms with van der Waals surface area (Å²) in [6.07, 6.45) is 4.69. The van der Waals surface area contributed by atoms with Crippen molar-refractivity contribution < 1.29 is 18.9 Å². The Labute approximate surface area is 181 Å². The van der Waals surface area contributed by atoms with Gasteiger partial charge in [0, 0.05) is 21.6 Å². The van der Waals surface area contributed by atoms with E-state index in [1.807, 2.05) is 25.4 Å². The molecule has 11 heteroatoms. The molecular formula is C18H24N4O4S3. The van der Waals surface area contributed by atoms with Gasteiger partial charge in [0.2, 0.25) is 5.91 Å². The Morgan fingerprint density at radius 2 is 2.34 bits per heavy atom. The minimum atomic E-state index is -0.958. The van der Waals surface area contributed by atoms with Gasteiger partial charge in [-0.3, -0.25) is 4.79 Å². The zero-order valence-corrected chi connectivity index (χ0v) is 18.6. The van der Waals surface area contributed by atoms with Crippen molar-refractivity contribution in [2.75, 3.05) is 12.3 Å². The molecular weight excluding hydrogens is 432 g/mol. The van der Waals surface area contributed by atoms with Crippen molar-refractivity contribution in [1.29, 1.82) is 0 Å². The van der Waals surface area contributed by atoms with Crippen molar-refractivity contribution in [3.8, 4) is 0 Å². The molecule has 0 saturated carbocycles. The van der Waals surface area contributed by atoms with Gasteiger partial charge in [-0.15, -0.1) is 23.1 Å². The van der Waals surface area contributed by atoms with Crippen molar-refractivity contribution >= 4 is 57.7 Å². The lowest BCUT2D eigenvalue weighted by Crippen LogP contribution is -2.69. The van der Waals surface area contributed by atoms with Crippen LogP contribution in [-0.2, 0) is 13.8 Å². The lowest BCUT2D eigenvalue weighted by Gasteiger charge is -2.43. The first kappa shape index (κ1) is 20.8. The fourth-order valence-electron chi connectivity index (χ4n) is 3.97. The number of thioether (sulfide) groups is 1. The zero-order valence-electron chi connectivity index (χ0n) is 16.2. The van der Waals surface area contributed by atoms with E-state index in [-0.39, 0.29) is 11.3 Å². The number of carbonyl (C=O) groups is 2. The second-order valence-corrected chi connectivity index (χ2v) is 11.6. The molecule has 158 valence electrons. The van der Waals surface area contributed by atoms with Crippen LogP contribution in [0.25, 0.3) is 5.57 Å². The Morgan fingerprint density at radius 3 is 2.97 bits per heavy atom. The highest BCUT2D eigenvalue weighted by molar-refractivity contribution is 8.01. The Bertz CT molecular complexity index is 837. The van der Waals surface area contributed by atoms with E-state index in [1.54, 1.807) is 0 Å². The molecule has 1 aromatic rings. The van der Waals surface area contributed by atoms with E-state index in [0.29, 0.717) is 10.4 Å². The number of fused-ring (bicyclic) bond motifs is 1. The molecule has 3 fully saturated rings. The van der Waals surface area contributed by atoms with Gasteiger partial charge < -0.3 is 25.2 Å². The van der Waals surface area contributed by atoms with E-state index in [1.165, 1.54) is 40.0 Å². The van der Waals surface area contributed by atoms with E-state index in [2.05, 4.69) is 10.3 Å². The monoisotopic (exact) mass is 456 g/mol. The van der Waals surface area contributed by atoms with Gasteiger partial charge in [0.25, 0.3) is 0 Å². The number of carboxylic acid groups (broad SMARTS) is 1. The van der Waals surface area contributed by atoms with Crippen molar-refractivity contribution in [2.45, 2.75) is 60.6 Å². The van der Waals surface area contributed by atoms with E-state index >= 15 is 0 Å². The number of anilines is 1. The molecule has 29 heavy (non-hydrogen) atoms. The molecule has 4 heterocycles. The number of hydrogen-bond acceptors (Lipinski definition) is 9. The minimum absolute atomic E-state index is 0.177. The van der Waals surface area contributed by atoms with Crippen molar-refractivity contribution in [2.24, 2.45) is 0 Å². The SMILES string of the molecule is CC1(C)S[C@@H]2[C@H](N/C=C(/CC3CCCOS3)c3csc(N)n3)C(=O)N2[C@H]1C(=O)O. The Balaban J connectivity index is 1.50. The fourth-order valence-corrected chi connectivity index (χ4v) is 7.11. The molecule has 4 atom stereocenters. The molecule has 1 amide bonds. The molecule has 3 aliphatic heterocycles. The molecule has 0 aliphatic carbocycles. The molecule has 0 aromatic carbocycles. The molecule has 1 aromatic heterocycles. The Kier molecular flexibility index (Phi) is 5.75. The second kappa shape index (κ2) is 8.01. The number of thiazole rings is 1. The number of β-lactam (4-membered cyclic amide) rings is 1. The third-order valence-electron chi connectivity index (χ3n) is 5.37. The van der Waals surface area contributed by atoms with Crippen molar-refractivity contribution in [3.63, 3.8) is 0 Å². The van der Waals surface area contributed by atoms with Gasteiger partial charge in [0.05, 0.1) is 12.3 Å². The quantitative estimate of drug-likeness (QED) is 0.438. The summed E-state index contributed by atoms with van der Waals surface area (Å²) in [7, 11) is 0. The van der Waals surface area contributed by atoms with Crippen molar-refractivity contribution in [3.05, 3.63) is 17.3 Å². The number of nitrogens with two attached hydrogens (primary N) is 1. The third kappa shape index (κ3) is 3.97. The van der Waals surface area contributed by atoms with Crippen LogP contribution >= 0.6 is 35.1 Å². The van der Waals surface area contributed by atoms with E-state index in [4.69, 9.17) is 9.92 Å². The number of amides is 1. The maximum atomic E-state index is 12.7. The van der Waals surface area contributed by atoms with Gasteiger partial charge in [0.1, 0.15) is 17.5 Å². The summed E-state index contributed by atoms with van der Waals surface area (Å²) in [5.41, 5.74) is 7.60. The van der Waals surface area contributed by atoms with Gasteiger partial charge in [-0.25, -0.2) is 9.78 Å². The molecule has 1 unspecified atom stereocenters. The highest BCUT2D eigenvalue weighted by atomic mass is 32.2. The summed E-state index contributed by atoms with van der Waals surface area (Å²) in [4.78, 5) is 30.2. The number of aromatic nitrogens is 1. The largest absolute Gasteiger partial charge is 0.480 e. The summed E-state index contributed by atoms with van der Waals surface area (Å²) in [5, 5.41) is 15.3. The summed E-state index contributed by atoms with van der Waals surface area (Å²) >= 11 is 4.41. The normalized spacial score (nSPS) is 31.3. The smallest absolute Gasteiger partial charge is 0.327 e. The number of allylic oxidation sites excluding steroid dienone is 1. The van der Waals surface area contributed by atoms with Gasteiger partial charge in [-0.1, -0.05) is 0 Å². The van der Waals surface area contributed by atoms with Crippen molar-refractivity contribution in [1.82, 2.24) is 15.2 Å². The summed E-state index contributed by atoms with van der Waals surface area (Å²) in [6, 6.07) is -1.24. The van der Waals surface area contributed by atoms with E-state index in [9.17, 15) is 14.7 Å². The number of nitrogens with one attached hydrogen (secondary N) is 1. The topological polar surface area (TPSA) is 118 Å². The number of carbonyl (C=O) groups excluding carboxylic acids is 1. The third-order valence-corrected chi connectivity index (χ3v) is 8.59. The molecule has 0 bridgehead atoms. The highest BCUT2D eigenvalue weighted by Crippen LogP contribution is 2.50. The molecule has 4 rings (SSSR count). The number of aliphatic carboxylic acids is 1. The summed E-state index contributed by atoms with van der Waals surface area (Å²) in [6.45, 7) is 4.52. The van der Waals surface area contributed by atoms with Gasteiger partial charge >= 0.3 is 5.97 Å². The lowest BCUT2D eigenvalue weighted by molar-refractivity contribution is -0.159.